The molecule has 1 aromatic carbocycles. The number of rotatable bonds is 3. The second-order valence-corrected chi connectivity index (χ2v) is 3.73. The van der Waals surface area contributed by atoms with Gasteiger partial charge in [0.1, 0.15) is 23.1 Å². The molecule has 2 rings (SSSR count). The van der Waals surface area contributed by atoms with Crippen LogP contribution >= 0.6 is 11.5 Å². The Hall–Kier alpha value is -1.76. The standard InChI is InChI=1S/C9H7F2N3OS/c10-5-1-2-8(6(11)3-5)15-4-7-9(12)16-14-13-7/h1-3H,4,12H2. The van der Waals surface area contributed by atoms with Crippen molar-refractivity contribution in [3.05, 3.63) is 35.5 Å². The summed E-state index contributed by atoms with van der Waals surface area (Å²) in [6, 6.07) is 3.07. The maximum Gasteiger partial charge on any atom is 0.167 e. The average molecular weight is 243 g/mol. The van der Waals surface area contributed by atoms with Gasteiger partial charge in [-0.2, -0.15) is 0 Å². The van der Waals surface area contributed by atoms with E-state index in [4.69, 9.17) is 10.5 Å². The number of halogens is 2. The number of nitrogens with zero attached hydrogens (tertiary/aromatic N) is 2. The van der Waals surface area contributed by atoms with Gasteiger partial charge in [0, 0.05) is 17.6 Å². The summed E-state index contributed by atoms with van der Waals surface area (Å²) in [4.78, 5) is 0. The molecule has 84 valence electrons. The van der Waals surface area contributed by atoms with E-state index in [0.29, 0.717) is 10.7 Å². The van der Waals surface area contributed by atoms with Crippen molar-refractivity contribution < 1.29 is 13.5 Å². The number of hydrogen-bond acceptors (Lipinski definition) is 5. The first-order chi connectivity index (χ1) is 7.66. The topological polar surface area (TPSA) is 61.0 Å². The molecule has 0 bridgehead atoms. The summed E-state index contributed by atoms with van der Waals surface area (Å²) in [5, 5.41) is 4.12. The van der Waals surface area contributed by atoms with Crippen LogP contribution in [-0.4, -0.2) is 9.59 Å². The fraction of sp³-hybridized carbons (Fsp3) is 0.111. The number of anilines is 1. The normalized spacial score (nSPS) is 10.4. The third kappa shape index (κ3) is 2.25. The summed E-state index contributed by atoms with van der Waals surface area (Å²) in [6.07, 6.45) is 0. The van der Waals surface area contributed by atoms with Gasteiger partial charge >= 0.3 is 0 Å². The van der Waals surface area contributed by atoms with Crippen LogP contribution in [0.4, 0.5) is 13.8 Å². The quantitative estimate of drug-likeness (QED) is 0.895. The summed E-state index contributed by atoms with van der Waals surface area (Å²) in [5.74, 6) is -1.46. The number of hydrogen-bond donors (Lipinski definition) is 1. The van der Waals surface area contributed by atoms with Crippen molar-refractivity contribution in [3.8, 4) is 5.75 Å². The minimum absolute atomic E-state index is 0.00485. The van der Waals surface area contributed by atoms with Crippen LogP contribution in [0.1, 0.15) is 5.69 Å². The largest absolute Gasteiger partial charge is 0.484 e. The predicted octanol–water partition coefficient (Wildman–Crippen LogP) is 1.98. The van der Waals surface area contributed by atoms with E-state index in [1.807, 2.05) is 0 Å². The van der Waals surface area contributed by atoms with Crippen LogP contribution in [0.25, 0.3) is 0 Å². The van der Waals surface area contributed by atoms with Gasteiger partial charge in [-0.15, -0.1) is 5.10 Å². The Morgan fingerprint density at radius 1 is 1.38 bits per heavy atom. The molecule has 2 N–H and O–H groups in total. The molecule has 0 aliphatic rings. The fourth-order valence-corrected chi connectivity index (χ4v) is 1.49. The smallest absolute Gasteiger partial charge is 0.167 e. The molecule has 1 heterocycles. The number of nitrogens with two attached hydrogens (primary N) is 1. The molecule has 1 aromatic heterocycles. The zero-order chi connectivity index (χ0) is 11.5. The van der Waals surface area contributed by atoms with Gasteiger partial charge in [0.25, 0.3) is 0 Å². The van der Waals surface area contributed by atoms with Crippen LogP contribution in [0.15, 0.2) is 18.2 Å². The third-order valence-corrected chi connectivity index (χ3v) is 2.44. The Morgan fingerprint density at radius 2 is 2.19 bits per heavy atom. The molecular weight excluding hydrogens is 236 g/mol. The van der Waals surface area contributed by atoms with Gasteiger partial charge in [-0.3, -0.25) is 0 Å². The van der Waals surface area contributed by atoms with E-state index in [0.717, 1.165) is 23.7 Å². The lowest BCUT2D eigenvalue weighted by Crippen LogP contribution is -2.00. The Morgan fingerprint density at radius 3 is 2.81 bits per heavy atom. The van der Waals surface area contributed by atoms with E-state index >= 15 is 0 Å². The maximum atomic E-state index is 13.1. The molecule has 7 heteroatoms. The van der Waals surface area contributed by atoms with Crippen LogP contribution < -0.4 is 10.5 Å². The molecule has 0 aliphatic heterocycles. The van der Waals surface area contributed by atoms with E-state index in [1.165, 1.54) is 6.07 Å². The summed E-state index contributed by atoms with van der Waals surface area (Å²) >= 11 is 1.03. The van der Waals surface area contributed by atoms with E-state index < -0.39 is 11.6 Å². The van der Waals surface area contributed by atoms with Crippen molar-refractivity contribution in [2.24, 2.45) is 0 Å². The Bertz CT molecular complexity index is 503. The van der Waals surface area contributed by atoms with Gasteiger partial charge in [-0.1, -0.05) is 4.49 Å². The van der Waals surface area contributed by atoms with Gasteiger partial charge in [0.15, 0.2) is 11.6 Å². The molecule has 0 radical (unpaired) electrons. The number of ether oxygens (including phenoxy) is 1. The van der Waals surface area contributed by atoms with Crippen LogP contribution in [-0.2, 0) is 6.61 Å². The number of aromatic nitrogens is 2. The highest BCUT2D eigenvalue weighted by Gasteiger charge is 2.08. The summed E-state index contributed by atoms with van der Waals surface area (Å²) in [5.41, 5.74) is 5.97. The highest BCUT2D eigenvalue weighted by molar-refractivity contribution is 7.09. The molecular formula is C9H7F2N3OS. The second-order valence-electron chi connectivity index (χ2n) is 2.95. The fourth-order valence-electron chi connectivity index (χ4n) is 1.05. The predicted molar refractivity (Wildman–Crippen MR) is 55.0 cm³/mol. The van der Waals surface area contributed by atoms with Crippen LogP contribution in [0.2, 0.25) is 0 Å². The lowest BCUT2D eigenvalue weighted by molar-refractivity contribution is 0.285. The zero-order valence-electron chi connectivity index (χ0n) is 7.98. The van der Waals surface area contributed by atoms with Crippen molar-refractivity contribution in [1.29, 1.82) is 0 Å². The zero-order valence-corrected chi connectivity index (χ0v) is 8.80. The van der Waals surface area contributed by atoms with E-state index in [2.05, 4.69) is 9.59 Å². The SMILES string of the molecule is Nc1snnc1COc1ccc(F)cc1F. The molecule has 2 aromatic rings. The van der Waals surface area contributed by atoms with Crippen LogP contribution in [0.3, 0.4) is 0 Å². The summed E-state index contributed by atoms with van der Waals surface area (Å²) < 4.78 is 34.4. The van der Waals surface area contributed by atoms with Crippen molar-refractivity contribution in [2.75, 3.05) is 5.73 Å². The molecule has 0 saturated heterocycles. The van der Waals surface area contributed by atoms with Gasteiger partial charge in [-0.05, 0) is 12.1 Å². The lowest BCUT2D eigenvalue weighted by Gasteiger charge is -2.05. The monoisotopic (exact) mass is 243 g/mol. The van der Waals surface area contributed by atoms with Crippen molar-refractivity contribution >= 4 is 16.5 Å². The number of nitrogen functional groups attached to an aromatic ring is 1. The molecule has 0 aliphatic carbocycles. The molecule has 0 fully saturated rings. The Balaban J connectivity index is 2.08. The van der Waals surface area contributed by atoms with Gasteiger partial charge < -0.3 is 10.5 Å². The van der Waals surface area contributed by atoms with Crippen molar-refractivity contribution in [3.63, 3.8) is 0 Å². The number of benzene rings is 1. The molecule has 0 unspecified atom stereocenters. The van der Waals surface area contributed by atoms with Gasteiger partial charge in [0.05, 0.1) is 0 Å². The van der Waals surface area contributed by atoms with E-state index in [9.17, 15) is 8.78 Å². The lowest BCUT2D eigenvalue weighted by atomic mass is 10.3. The average Bonchev–Trinajstić information content (AvgIpc) is 2.63. The van der Waals surface area contributed by atoms with Crippen molar-refractivity contribution in [2.45, 2.75) is 6.61 Å². The van der Waals surface area contributed by atoms with Crippen LogP contribution in [0, 0.1) is 11.6 Å². The highest BCUT2D eigenvalue weighted by Crippen LogP contribution is 2.20. The minimum atomic E-state index is -0.762. The first-order valence-electron chi connectivity index (χ1n) is 4.31. The first-order valence-corrected chi connectivity index (χ1v) is 5.08. The Kier molecular flexibility index (Phi) is 2.95. The second kappa shape index (κ2) is 4.40. The maximum absolute atomic E-state index is 13.1. The molecule has 4 nitrogen and oxygen atoms in total. The minimum Gasteiger partial charge on any atom is -0.484 e. The third-order valence-electron chi connectivity index (χ3n) is 1.84. The summed E-state index contributed by atoms with van der Waals surface area (Å²) in [7, 11) is 0. The summed E-state index contributed by atoms with van der Waals surface area (Å²) in [6.45, 7) is 0.00485. The van der Waals surface area contributed by atoms with Gasteiger partial charge in [-0.25, -0.2) is 8.78 Å². The first kappa shape index (κ1) is 10.7. The molecule has 0 spiro atoms. The van der Waals surface area contributed by atoms with Crippen molar-refractivity contribution in [1.82, 2.24) is 9.59 Å². The molecule has 0 atom stereocenters. The Labute approximate surface area is 93.8 Å². The molecule has 0 amide bonds. The van der Waals surface area contributed by atoms with E-state index in [1.54, 1.807) is 0 Å². The molecule has 16 heavy (non-hydrogen) atoms. The van der Waals surface area contributed by atoms with Gasteiger partial charge in [0.2, 0.25) is 0 Å². The van der Waals surface area contributed by atoms with Crippen LogP contribution in [0.5, 0.6) is 5.75 Å². The highest BCUT2D eigenvalue weighted by atomic mass is 32.1. The van der Waals surface area contributed by atoms with E-state index in [-0.39, 0.29) is 12.4 Å². The molecule has 0 saturated carbocycles.